The predicted molar refractivity (Wildman–Crippen MR) is 176 cm³/mol. The van der Waals surface area contributed by atoms with Crippen LogP contribution >= 0.6 is 23.2 Å². The van der Waals surface area contributed by atoms with E-state index in [9.17, 15) is 18.0 Å². The van der Waals surface area contributed by atoms with Gasteiger partial charge < -0.3 is 15.5 Å². The number of nitrogens with zero attached hydrogens (tertiary/aromatic N) is 6. The molecular formula is C31H29Cl2F2N7O4S. The van der Waals surface area contributed by atoms with Crippen molar-refractivity contribution >= 4 is 61.5 Å². The van der Waals surface area contributed by atoms with Crippen LogP contribution in [-0.2, 0) is 14.6 Å². The number of anilines is 2. The van der Waals surface area contributed by atoms with Crippen molar-refractivity contribution in [3.8, 4) is 16.9 Å². The number of carbonyl (C=O) groups is 1. The number of piperazine rings is 1. The van der Waals surface area contributed by atoms with Gasteiger partial charge in [-0.3, -0.25) is 9.78 Å². The van der Waals surface area contributed by atoms with Gasteiger partial charge >= 0.3 is 5.69 Å². The molecule has 1 saturated heterocycles. The van der Waals surface area contributed by atoms with E-state index in [1.54, 1.807) is 31.0 Å². The molecule has 246 valence electrons. The molecule has 2 aliphatic heterocycles. The molecule has 0 bridgehead atoms. The van der Waals surface area contributed by atoms with Gasteiger partial charge in [-0.05, 0) is 43.5 Å². The number of nitrogen functional groups attached to an aromatic ring is 1. The lowest BCUT2D eigenvalue weighted by Gasteiger charge is -2.44. The van der Waals surface area contributed by atoms with Gasteiger partial charge in [-0.25, -0.2) is 31.5 Å². The Morgan fingerprint density at radius 3 is 2.53 bits per heavy atom. The molecule has 0 saturated carbocycles. The van der Waals surface area contributed by atoms with Gasteiger partial charge in [0.1, 0.15) is 16.4 Å². The van der Waals surface area contributed by atoms with Crippen molar-refractivity contribution in [3.63, 3.8) is 0 Å². The van der Waals surface area contributed by atoms with Gasteiger partial charge in [0.05, 0.1) is 49.9 Å². The monoisotopic (exact) mass is 703 g/mol. The largest absolute Gasteiger partial charge is 0.397 e. The zero-order valence-corrected chi connectivity index (χ0v) is 28.0. The summed E-state index contributed by atoms with van der Waals surface area (Å²) in [5, 5.41) is -1.02. The summed E-state index contributed by atoms with van der Waals surface area (Å²) in [4.78, 5) is 42.4. The van der Waals surface area contributed by atoms with E-state index < -0.39 is 77.8 Å². The number of halogens is 4. The Balaban J connectivity index is 1.82. The summed E-state index contributed by atoms with van der Waals surface area (Å²) < 4.78 is 62.4. The third-order valence-corrected chi connectivity index (χ3v) is 11.0. The van der Waals surface area contributed by atoms with E-state index in [1.165, 1.54) is 4.90 Å². The topological polar surface area (TPSA) is 144 Å². The molecule has 4 aromatic rings. The minimum absolute atomic E-state index is 0.0583. The van der Waals surface area contributed by atoms with E-state index >= 15 is 8.78 Å². The summed E-state index contributed by atoms with van der Waals surface area (Å²) >= 11 is 12.3. The molecule has 2 N–H and O–H groups in total. The Morgan fingerprint density at radius 2 is 1.87 bits per heavy atom. The van der Waals surface area contributed by atoms with Crippen molar-refractivity contribution in [1.29, 1.82) is 0 Å². The minimum atomic E-state index is -4.60. The van der Waals surface area contributed by atoms with Crippen LogP contribution in [0.3, 0.4) is 0 Å². The molecule has 0 aliphatic carbocycles. The molecule has 11 nitrogen and oxygen atoms in total. The van der Waals surface area contributed by atoms with Crippen LogP contribution in [0, 0.1) is 18.6 Å². The van der Waals surface area contributed by atoms with Gasteiger partial charge in [0.25, 0.3) is 0 Å². The highest BCUT2D eigenvalue weighted by molar-refractivity contribution is 7.91. The summed E-state index contributed by atoms with van der Waals surface area (Å²) in [6, 6.07) is 1.28. The van der Waals surface area contributed by atoms with Crippen molar-refractivity contribution in [2.24, 2.45) is 0 Å². The maximum absolute atomic E-state index is 17.0. The highest BCUT2D eigenvalue weighted by atomic mass is 35.5. The molecule has 3 aromatic heterocycles. The quantitative estimate of drug-likeness (QED) is 0.180. The van der Waals surface area contributed by atoms with Gasteiger partial charge in [0.2, 0.25) is 5.91 Å². The van der Waals surface area contributed by atoms with Gasteiger partial charge in [0, 0.05) is 25.3 Å². The summed E-state index contributed by atoms with van der Waals surface area (Å²) in [6.07, 6.45) is 2.68. The van der Waals surface area contributed by atoms with Crippen molar-refractivity contribution in [2.45, 2.75) is 50.6 Å². The number of aromatic nitrogens is 4. The molecule has 47 heavy (non-hydrogen) atoms. The first-order valence-corrected chi connectivity index (χ1v) is 17.0. The summed E-state index contributed by atoms with van der Waals surface area (Å²) in [5.41, 5.74) is 4.30. The number of benzene rings is 1. The number of hydrogen-bond acceptors (Lipinski definition) is 9. The normalized spacial score (nSPS) is 18.7. The van der Waals surface area contributed by atoms with E-state index in [1.807, 2.05) is 13.8 Å². The van der Waals surface area contributed by atoms with E-state index in [4.69, 9.17) is 28.9 Å². The Hall–Kier alpha value is -4.14. The molecule has 0 spiro atoms. The lowest BCUT2D eigenvalue weighted by molar-refractivity contribution is -0.128. The first-order chi connectivity index (χ1) is 22.1. The van der Waals surface area contributed by atoms with Crippen LogP contribution in [0.1, 0.15) is 37.9 Å². The molecule has 2 aliphatic rings. The Bertz CT molecular complexity index is 2180. The highest BCUT2D eigenvalue weighted by Crippen LogP contribution is 2.45. The van der Waals surface area contributed by atoms with Crippen LogP contribution in [-0.4, -0.2) is 69.7 Å². The van der Waals surface area contributed by atoms with Crippen molar-refractivity contribution in [2.75, 3.05) is 29.5 Å². The number of fused-ring (bicyclic) bond motifs is 2. The lowest BCUT2D eigenvalue weighted by atomic mass is 10.0. The van der Waals surface area contributed by atoms with Crippen molar-refractivity contribution < 1.29 is 22.0 Å². The molecule has 0 radical (unpaired) electrons. The van der Waals surface area contributed by atoms with Crippen LogP contribution in [0.4, 0.5) is 20.3 Å². The molecule has 1 fully saturated rings. The number of pyridine rings is 2. The number of amides is 1. The van der Waals surface area contributed by atoms with Crippen LogP contribution in [0.15, 0.2) is 40.7 Å². The fraction of sp³-hybridized carbons (Fsp3) is 0.323. The number of rotatable bonds is 4. The van der Waals surface area contributed by atoms with E-state index in [-0.39, 0.29) is 46.6 Å². The zero-order valence-electron chi connectivity index (χ0n) is 25.7. The summed E-state index contributed by atoms with van der Waals surface area (Å²) in [6.45, 7) is 10.7. The second-order valence-corrected chi connectivity index (χ2v) is 14.7. The van der Waals surface area contributed by atoms with Gasteiger partial charge in [-0.2, -0.15) is 4.98 Å². The molecule has 1 aromatic carbocycles. The number of nitrogens with two attached hydrogens (primary N) is 1. The maximum Gasteiger partial charge on any atom is 0.355 e. The molecule has 1 amide bonds. The summed E-state index contributed by atoms with van der Waals surface area (Å²) in [5.74, 6) is -4.07. The minimum Gasteiger partial charge on any atom is -0.397 e. The predicted octanol–water partition coefficient (Wildman–Crippen LogP) is 4.82. The fourth-order valence-corrected chi connectivity index (χ4v) is 8.66. The average molecular weight is 705 g/mol. The Morgan fingerprint density at radius 1 is 1.17 bits per heavy atom. The van der Waals surface area contributed by atoms with Crippen LogP contribution in [0.5, 0.6) is 0 Å². The number of hydrogen-bond donors (Lipinski definition) is 1. The Kier molecular flexibility index (Phi) is 8.04. The maximum atomic E-state index is 17.0. The van der Waals surface area contributed by atoms with Gasteiger partial charge in [-0.1, -0.05) is 43.6 Å². The van der Waals surface area contributed by atoms with Crippen LogP contribution in [0.2, 0.25) is 10.0 Å². The molecule has 2 unspecified atom stereocenters. The zero-order chi connectivity index (χ0) is 34.3. The molecule has 6 rings (SSSR count). The van der Waals surface area contributed by atoms with Crippen LogP contribution < -0.4 is 16.3 Å². The molecule has 16 heteroatoms. The van der Waals surface area contributed by atoms with Crippen molar-refractivity contribution in [3.05, 3.63) is 74.4 Å². The van der Waals surface area contributed by atoms with E-state index in [0.717, 1.165) is 16.7 Å². The fourth-order valence-electron chi connectivity index (χ4n) is 6.37. The highest BCUT2D eigenvalue weighted by Gasteiger charge is 2.44. The molecule has 5 heterocycles. The third-order valence-electron chi connectivity index (χ3n) is 8.57. The van der Waals surface area contributed by atoms with Gasteiger partial charge in [-0.15, -0.1) is 0 Å². The SMILES string of the molecule is C=CC(=O)N1CC2CS(=O)(=O)c3c(F)c(-c4c(N)c(Cl)cc(Cl)c4F)nc4c3c(nc(=O)n4-c3c(C)ccnc3C(C)C)N2CC1C. The second-order valence-electron chi connectivity index (χ2n) is 11.9. The third kappa shape index (κ3) is 5.04. The number of sulfone groups is 1. The smallest absolute Gasteiger partial charge is 0.355 e. The number of carbonyl (C=O) groups excluding carboxylic acids is 1. The first kappa shape index (κ1) is 32.8. The average Bonchev–Trinajstić information content (AvgIpc) is 3.09. The first-order valence-electron chi connectivity index (χ1n) is 14.6. The van der Waals surface area contributed by atoms with Crippen LogP contribution in [0.25, 0.3) is 28.0 Å². The van der Waals surface area contributed by atoms with Gasteiger partial charge in [0.15, 0.2) is 27.1 Å². The van der Waals surface area contributed by atoms with E-state index in [2.05, 4.69) is 21.5 Å². The Labute approximate surface area is 278 Å². The summed E-state index contributed by atoms with van der Waals surface area (Å²) in [7, 11) is -4.60. The van der Waals surface area contributed by atoms with Crippen molar-refractivity contribution in [1.82, 2.24) is 24.4 Å². The second kappa shape index (κ2) is 11.5. The molecule has 2 atom stereocenters. The standard InChI is InChI=1S/C31H29Cl2F2N7O4S/c1-6-19(43)40-11-16-12-47(45,46)28-21-29(41(16)10-15(40)5)39-31(44)42(27-14(4)7-8-37-25(27)13(2)3)30(21)38-26(23(28)35)20-22(34)17(32)9-18(33)24(20)36/h6-9,13,15-16H,1,10-12,36H2,2-5H3. The number of aryl methyl sites for hydroxylation is 1. The van der Waals surface area contributed by atoms with E-state index in [0.29, 0.717) is 11.3 Å². The lowest BCUT2D eigenvalue weighted by Crippen LogP contribution is -2.60. The molecular weight excluding hydrogens is 675 g/mol.